The zero-order chi connectivity index (χ0) is 13.3. The largest absolute Gasteiger partial charge is 0.346 e. The van der Waals surface area contributed by atoms with Crippen molar-refractivity contribution in [3.63, 3.8) is 0 Å². The fourth-order valence-electron chi connectivity index (χ4n) is 2.15. The number of carbonyl (C=O) groups is 1. The average molecular weight is 288 g/mol. The van der Waals surface area contributed by atoms with Crippen molar-refractivity contribution in [2.75, 3.05) is 6.54 Å². The number of nitrogens with zero attached hydrogens (tertiary/aromatic N) is 1. The molecule has 0 N–H and O–H groups in total. The Morgan fingerprint density at radius 2 is 2.00 bits per heavy atom. The summed E-state index contributed by atoms with van der Waals surface area (Å²) in [7, 11) is 0. The molecule has 18 heavy (non-hydrogen) atoms. The van der Waals surface area contributed by atoms with Crippen molar-refractivity contribution in [3.8, 4) is 0 Å². The van der Waals surface area contributed by atoms with Crippen LogP contribution in [0.25, 0.3) is 0 Å². The predicted octanol–water partition coefficient (Wildman–Crippen LogP) is 3.13. The molecule has 1 amide bonds. The number of hydrogen-bond acceptors (Lipinski definition) is 2. The summed E-state index contributed by atoms with van der Waals surface area (Å²) in [4.78, 5) is 12.4. The van der Waals surface area contributed by atoms with E-state index in [-0.39, 0.29) is 12.0 Å². The standard InChI is InChI=1S/C13H15Cl2NO2/c1-13(2)16(12(17)11(14)15)8-10(18-13)9-6-4-3-5-7-9/h3-7,10-11H,8H2,1-2H3. The maximum absolute atomic E-state index is 11.9. The molecule has 1 aromatic rings. The second kappa shape index (κ2) is 5.08. The second-order valence-electron chi connectivity index (χ2n) is 4.71. The number of carbonyl (C=O) groups excluding carboxylic acids is 1. The molecule has 1 unspecified atom stereocenters. The van der Waals surface area contributed by atoms with Crippen LogP contribution in [0.4, 0.5) is 0 Å². The molecule has 2 rings (SSSR count). The quantitative estimate of drug-likeness (QED) is 0.782. The number of ether oxygens (including phenoxy) is 1. The van der Waals surface area contributed by atoms with Crippen LogP contribution in [0.3, 0.4) is 0 Å². The number of halogens is 2. The Kier molecular flexibility index (Phi) is 3.85. The molecule has 0 aromatic heterocycles. The summed E-state index contributed by atoms with van der Waals surface area (Å²) in [5.41, 5.74) is 0.348. The number of rotatable bonds is 2. The maximum Gasteiger partial charge on any atom is 0.258 e. The van der Waals surface area contributed by atoms with E-state index in [1.54, 1.807) is 4.90 Å². The molecule has 1 atom stereocenters. The first-order chi connectivity index (χ1) is 8.42. The van der Waals surface area contributed by atoms with Crippen LogP contribution < -0.4 is 0 Å². The summed E-state index contributed by atoms with van der Waals surface area (Å²) >= 11 is 11.3. The summed E-state index contributed by atoms with van der Waals surface area (Å²) in [6.45, 7) is 4.14. The Bertz CT molecular complexity index is 434. The van der Waals surface area contributed by atoms with E-state index in [1.807, 2.05) is 44.2 Å². The SMILES string of the molecule is CC1(C)OC(c2ccccc2)CN1C(=O)C(Cl)Cl. The van der Waals surface area contributed by atoms with Gasteiger partial charge < -0.3 is 9.64 Å². The molecule has 0 spiro atoms. The molecule has 1 aliphatic rings. The van der Waals surface area contributed by atoms with Gasteiger partial charge in [-0.3, -0.25) is 4.79 Å². The lowest BCUT2D eigenvalue weighted by Gasteiger charge is -2.30. The van der Waals surface area contributed by atoms with Gasteiger partial charge in [-0.05, 0) is 19.4 Å². The van der Waals surface area contributed by atoms with E-state index in [2.05, 4.69) is 0 Å². The Morgan fingerprint density at radius 3 is 2.56 bits per heavy atom. The third kappa shape index (κ3) is 2.63. The molecule has 0 bridgehead atoms. The minimum Gasteiger partial charge on any atom is -0.346 e. The van der Waals surface area contributed by atoms with Gasteiger partial charge in [0.15, 0.2) is 4.84 Å². The molecular weight excluding hydrogens is 273 g/mol. The number of alkyl halides is 2. The summed E-state index contributed by atoms with van der Waals surface area (Å²) in [6.07, 6.45) is -0.141. The van der Waals surface area contributed by atoms with E-state index < -0.39 is 10.6 Å². The summed E-state index contributed by atoms with van der Waals surface area (Å²) < 4.78 is 5.91. The van der Waals surface area contributed by atoms with E-state index in [0.29, 0.717) is 6.54 Å². The lowest BCUT2D eigenvalue weighted by atomic mass is 10.1. The third-order valence-corrected chi connectivity index (χ3v) is 3.43. The fourth-order valence-corrected chi connectivity index (χ4v) is 2.38. The van der Waals surface area contributed by atoms with Crippen LogP contribution in [0.15, 0.2) is 30.3 Å². The molecule has 1 saturated heterocycles. The van der Waals surface area contributed by atoms with Gasteiger partial charge >= 0.3 is 0 Å². The maximum atomic E-state index is 11.9. The van der Waals surface area contributed by atoms with Gasteiger partial charge in [0.05, 0.1) is 6.54 Å². The van der Waals surface area contributed by atoms with Crippen molar-refractivity contribution >= 4 is 29.1 Å². The molecule has 1 aromatic carbocycles. The van der Waals surface area contributed by atoms with Crippen molar-refractivity contribution in [1.82, 2.24) is 4.90 Å². The van der Waals surface area contributed by atoms with Gasteiger partial charge in [0.2, 0.25) is 0 Å². The van der Waals surface area contributed by atoms with Crippen LogP contribution in [0.1, 0.15) is 25.5 Å². The highest BCUT2D eigenvalue weighted by molar-refractivity contribution is 6.53. The van der Waals surface area contributed by atoms with Crippen molar-refractivity contribution in [1.29, 1.82) is 0 Å². The van der Waals surface area contributed by atoms with Crippen LogP contribution in [0.5, 0.6) is 0 Å². The second-order valence-corrected chi connectivity index (χ2v) is 5.81. The van der Waals surface area contributed by atoms with Gasteiger partial charge in [0, 0.05) is 0 Å². The van der Waals surface area contributed by atoms with Gasteiger partial charge in [-0.1, -0.05) is 53.5 Å². The highest BCUT2D eigenvalue weighted by Gasteiger charge is 2.43. The number of amides is 1. The van der Waals surface area contributed by atoms with E-state index in [1.165, 1.54) is 0 Å². The van der Waals surface area contributed by atoms with Crippen LogP contribution >= 0.6 is 23.2 Å². The lowest BCUT2D eigenvalue weighted by molar-refractivity contribution is -0.144. The van der Waals surface area contributed by atoms with E-state index in [0.717, 1.165) is 5.56 Å². The van der Waals surface area contributed by atoms with Gasteiger partial charge in [0.25, 0.3) is 5.91 Å². The van der Waals surface area contributed by atoms with E-state index >= 15 is 0 Å². The van der Waals surface area contributed by atoms with Crippen LogP contribution in [0.2, 0.25) is 0 Å². The minimum atomic E-state index is -1.05. The molecular formula is C13H15Cl2NO2. The van der Waals surface area contributed by atoms with Gasteiger partial charge in [0.1, 0.15) is 11.8 Å². The molecule has 98 valence electrons. The van der Waals surface area contributed by atoms with Crippen molar-refractivity contribution < 1.29 is 9.53 Å². The topological polar surface area (TPSA) is 29.5 Å². The summed E-state index contributed by atoms with van der Waals surface area (Å²) in [5, 5.41) is 0. The Hall–Kier alpha value is -0.770. The first kappa shape index (κ1) is 13.7. The Morgan fingerprint density at radius 1 is 1.39 bits per heavy atom. The monoisotopic (exact) mass is 287 g/mol. The molecule has 0 saturated carbocycles. The summed E-state index contributed by atoms with van der Waals surface area (Å²) in [5.74, 6) is -0.318. The fraction of sp³-hybridized carbons (Fsp3) is 0.462. The zero-order valence-electron chi connectivity index (χ0n) is 10.3. The van der Waals surface area contributed by atoms with E-state index in [9.17, 15) is 4.79 Å². The molecule has 3 nitrogen and oxygen atoms in total. The smallest absolute Gasteiger partial charge is 0.258 e. The Labute approximate surface area is 117 Å². The molecule has 0 radical (unpaired) electrons. The molecule has 5 heteroatoms. The first-order valence-electron chi connectivity index (χ1n) is 5.74. The Balaban J connectivity index is 2.20. The predicted molar refractivity (Wildman–Crippen MR) is 71.6 cm³/mol. The minimum absolute atomic E-state index is 0.141. The van der Waals surface area contributed by atoms with Crippen molar-refractivity contribution in [3.05, 3.63) is 35.9 Å². The van der Waals surface area contributed by atoms with Gasteiger partial charge in [-0.25, -0.2) is 0 Å². The lowest BCUT2D eigenvalue weighted by Crippen LogP contribution is -2.45. The molecule has 1 heterocycles. The van der Waals surface area contributed by atoms with Crippen molar-refractivity contribution in [2.24, 2.45) is 0 Å². The molecule has 1 aliphatic heterocycles. The van der Waals surface area contributed by atoms with Crippen LogP contribution in [-0.2, 0) is 9.53 Å². The van der Waals surface area contributed by atoms with Gasteiger partial charge in [-0.15, -0.1) is 0 Å². The summed E-state index contributed by atoms with van der Waals surface area (Å²) in [6, 6.07) is 9.80. The van der Waals surface area contributed by atoms with E-state index in [4.69, 9.17) is 27.9 Å². The zero-order valence-corrected chi connectivity index (χ0v) is 11.8. The van der Waals surface area contributed by atoms with Gasteiger partial charge in [-0.2, -0.15) is 0 Å². The number of hydrogen-bond donors (Lipinski definition) is 0. The van der Waals surface area contributed by atoms with Crippen LogP contribution in [-0.4, -0.2) is 27.9 Å². The normalized spacial score (nSPS) is 22.5. The average Bonchev–Trinajstić information content (AvgIpc) is 2.65. The highest BCUT2D eigenvalue weighted by atomic mass is 35.5. The first-order valence-corrected chi connectivity index (χ1v) is 6.61. The number of benzene rings is 1. The highest BCUT2D eigenvalue weighted by Crippen LogP contribution is 2.36. The van der Waals surface area contributed by atoms with Crippen LogP contribution in [0, 0.1) is 0 Å². The van der Waals surface area contributed by atoms with Crippen molar-refractivity contribution in [2.45, 2.75) is 30.5 Å². The third-order valence-electron chi connectivity index (χ3n) is 3.05. The molecule has 0 aliphatic carbocycles. The molecule has 1 fully saturated rings.